The summed E-state index contributed by atoms with van der Waals surface area (Å²) in [5.41, 5.74) is 4.67. The number of carbonyl (C=O) groups excluding carboxylic acids is 1. The number of hydrogen-bond acceptors (Lipinski definition) is 6. The number of methoxy groups -OCH3 is 1. The van der Waals surface area contributed by atoms with Crippen molar-refractivity contribution >= 4 is 45.7 Å². The Bertz CT molecular complexity index is 1150. The lowest BCUT2D eigenvalue weighted by Crippen LogP contribution is -2.15. The molecule has 0 atom stereocenters. The molecule has 8 heteroatoms. The number of hydrogen-bond donors (Lipinski definition) is 2. The molecule has 0 saturated carbocycles. The van der Waals surface area contributed by atoms with Gasteiger partial charge in [-0.1, -0.05) is 30.0 Å². The molecule has 4 rings (SSSR count). The molecule has 0 radical (unpaired) electrons. The van der Waals surface area contributed by atoms with E-state index in [4.69, 9.17) is 4.74 Å². The number of aromatic amines is 1. The minimum absolute atomic E-state index is 0.0564. The van der Waals surface area contributed by atoms with Crippen molar-refractivity contribution in [3.05, 3.63) is 64.1 Å². The van der Waals surface area contributed by atoms with E-state index < -0.39 is 0 Å². The molecule has 0 unspecified atom stereocenters. The Morgan fingerprint density at radius 2 is 2.10 bits per heavy atom. The summed E-state index contributed by atoms with van der Waals surface area (Å²) in [4.78, 5) is 24.8. The number of benzene rings is 2. The minimum atomic E-state index is -0.0564. The number of thioether (sulfide) groups is 1. The predicted molar refractivity (Wildman–Crippen MR) is 118 cm³/mol. The average Bonchev–Trinajstić information content (AvgIpc) is 3.33. The van der Waals surface area contributed by atoms with Gasteiger partial charge in [0.05, 0.1) is 30.3 Å². The van der Waals surface area contributed by atoms with E-state index >= 15 is 0 Å². The Labute approximate surface area is 176 Å². The van der Waals surface area contributed by atoms with Gasteiger partial charge in [0.1, 0.15) is 10.8 Å². The zero-order valence-corrected chi connectivity index (χ0v) is 17.7. The second-order valence-corrected chi connectivity index (χ2v) is 8.39. The van der Waals surface area contributed by atoms with E-state index in [0.717, 1.165) is 43.9 Å². The summed E-state index contributed by atoms with van der Waals surface area (Å²) in [6, 6.07) is 13.5. The van der Waals surface area contributed by atoms with E-state index in [1.54, 1.807) is 18.9 Å². The highest BCUT2D eigenvalue weighted by molar-refractivity contribution is 7.98. The molecule has 0 aliphatic carbocycles. The number of thiazole rings is 1. The van der Waals surface area contributed by atoms with Crippen LogP contribution in [0.25, 0.3) is 11.0 Å². The van der Waals surface area contributed by atoms with Gasteiger partial charge in [0, 0.05) is 22.9 Å². The Kier molecular flexibility index (Phi) is 5.82. The molecule has 0 aliphatic heterocycles. The van der Waals surface area contributed by atoms with Gasteiger partial charge in [0.2, 0.25) is 5.91 Å². The molecule has 0 aliphatic rings. The number of anilines is 1. The molecule has 29 heavy (non-hydrogen) atoms. The highest BCUT2D eigenvalue weighted by atomic mass is 32.2. The molecule has 0 bridgehead atoms. The Morgan fingerprint density at radius 3 is 2.93 bits per heavy atom. The SMILES string of the molecule is COc1ccc2nc(SCc3csc(CC(=O)Nc4ccccc4C)n3)[nH]c2c1. The van der Waals surface area contributed by atoms with Gasteiger partial charge in [-0.3, -0.25) is 4.79 Å². The van der Waals surface area contributed by atoms with Crippen molar-refractivity contribution < 1.29 is 9.53 Å². The lowest BCUT2D eigenvalue weighted by molar-refractivity contribution is -0.115. The third kappa shape index (κ3) is 4.78. The van der Waals surface area contributed by atoms with Crippen LogP contribution < -0.4 is 10.1 Å². The van der Waals surface area contributed by atoms with Gasteiger partial charge in [0.15, 0.2) is 5.16 Å². The topological polar surface area (TPSA) is 79.9 Å². The van der Waals surface area contributed by atoms with Crippen LogP contribution in [0.4, 0.5) is 5.69 Å². The van der Waals surface area contributed by atoms with Gasteiger partial charge in [-0.15, -0.1) is 11.3 Å². The van der Waals surface area contributed by atoms with E-state index in [0.29, 0.717) is 5.75 Å². The Hall–Kier alpha value is -2.84. The van der Waals surface area contributed by atoms with Gasteiger partial charge in [-0.05, 0) is 30.7 Å². The smallest absolute Gasteiger partial charge is 0.231 e. The third-order valence-corrected chi connectivity index (χ3v) is 6.16. The number of rotatable bonds is 7. The second kappa shape index (κ2) is 8.67. The van der Waals surface area contributed by atoms with Crippen LogP contribution in [0.5, 0.6) is 5.75 Å². The van der Waals surface area contributed by atoms with Gasteiger partial charge < -0.3 is 15.0 Å². The predicted octanol–water partition coefficient (Wildman–Crippen LogP) is 4.81. The van der Waals surface area contributed by atoms with Crippen molar-refractivity contribution in [2.24, 2.45) is 0 Å². The summed E-state index contributed by atoms with van der Waals surface area (Å²) >= 11 is 3.09. The Morgan fingerprint density at radius 1 is 1.24 bits per heavy atom. The number of fused-ring (bicyclic) bond motifs is 1. The molecule has 0 fully saturated rings. The second-order valence-electron chi connectivity index (χ2n) is 6.49. The number of aryl methyl sites for hydroxylation is 1. The monoisotopic (exact) mass is 424 g/mol. The lowest BCUT2D eigenvalue weighted by Gasteiger charge is -2.06. The number of nitrogens with zero attached hydrogens (tertiary/aromatic N) is 2. The Balaban J connectivity index is 1.34. The van der Waals surface area contributed by atoms with Crippen molar-refractivity contribution in [2.45, 2.75) is 24.3 Å². The van der Waals surface area contributed by atoms with E-state index in [9.17, 15) is 4.79 Å². The average molecular weight is 425 g/mol. The number of imidazole rings is 1. The first-order valence-electron chi connectivity index (χ1n) is 9.06. The zero-order valence-electron chi connectivity index (χ0n) is 16.1. The molecule has 6 nitrogen and oxygen atoms in total. The molecule has 2 aromatic carbocycles. The molecule has 0 saturated heterocycles. The normalized spacial score (nSPS) is 11.0. The van der Waals surface area contributed by atoms with Gasteiger partial charge in [-0.2, -0.15) is 0 Å². The first kappa shape index (κ1) is 19.5. The van der Waals surface area contributed by atoms with Crippen LogP contribution in [0.15, 0.2) is 53.0 Å². The zero-order chi connectivity index (χ0) is 20.2. The number of carbonyl (C=O) groups is 1. The van der Waals surface area contributed by atoms with Crippen molar-refractivity contribution in [3.8, 4) is 5.75 Å². The number of nitrogens with one attached hydrogen (secondary N) is 2. The van der Waals surface area contributed by atoms with Crippen LogP contribution >= 0.6 is 23.1 Å². The molecule has 2 N–H and O–H groups in total. The largest absolute Gasteiger partial charge is 0.497 e. The fourth-order valence-corrected chi connectivity index (χ4v) is 4.52. The fraction of sp³-hybridized carbons (Fsp3) is 0.190. The van der Waals surface area contributed by atoms with Crippen LogP contribution in [0.3, 0.4) is 0 Å². The highest BCUT2D eigenvalue weighted by Crippen LogP contribution is 2.26. The summed E-state index contributed by atoms with van der Waals surface area (Å²) in [6.07, 6.45) is 0.272. The van der Waals surface area contributed by atoms with Gasteiger partial charge >= 0.3 is 0 Å². The summed E-state index contributed by atoms with van der Waals surface area (Å²) in [5, 5.41) is 6.58. The van der Waals surface area contributed by atoms with Crippen LogP contribution in [0.1, 0.15) is 16.3 Å². The maximum Gasteiger partial charge on any atom is 0.231 e. The molecular formula is C21H20N4O2S2. The summed E-state index contributed by atoms with van der Waals surface area (Å²) < 4.78 is 5.24. The summed E-state index contributed by atoms with van der Waals surface area (Å²) in [5.74, 6) is 1.43. The number of ether oxygens (including phenoxy) is 1. The van der Waals surface area contributed by atoms with Crippen molar-refractivity contribution in [3.63, 3.8) is 0 Å². The first-order valence-corrected chi connectivity index (χ1v) is 10.9. The quantitative estimate of drug-likeness (QED) is 0.416. The highest BCUT2D eigenvalue weighted by Gasteiger charge is 2.11. The van der Waals surface area contributed by atoms with E-state index in [1.807, 2.05) is 54.8 Å². The van der Waals surface area contributed by atoms with Crippen molar-refractivity contribution in [1.82, 2.24) is 15.0 Å². The van der Waals surface area contributed by atoms with E-state index in [2.05, 4.69) is 20.3 Å². The molecular weight excluding hydrogens is 404 g/mol. The number of aromatic nitrogens is 3. The maximum absolute atomic E-state index is 12.3. The van der Waals surface area contributed by atoms with Crippen LogP contribution in [0.2, 0.25) is 0 Å². The molecule has 4 aromatic rings. The fourth-order valence-electron chi connectivity index (χ4n) is 2.84. The van der Waals surface area contributed by atoms with Crippen LogP contribution in [-0.2, 0) is 17.0 Å². The number of amides is 1. The molecule has 2 aromatic heterocycles. The number of H-pyrrole nitrogens is 1. The minimum Gasteiger partial charge on any atom is -0.497 e. The molecule has 2 heterocycles. The molecule has 148 valence electrons. The molecule has 0 spiro atoms. The maximum atomic E-state index is 12.3. The first-order chi connectivity index (χ1) is 14.1. The lowest BCUT2D eigenvalue weighted by atomic mass is 10.2. The number of para-hydroxylation sites is 1. The van der Waals surface area contributed by atoms with Gasteiger partial charge in [-0.25, -0.2) is 9.97 Å². The van der Waals surface area contributed by atoms with Crippen molar-refractivity contribution in [2.75, 3.05) is 12.4 Å². The van der Waals surface area contributed by atoms with Gasteiger partial charge in [0.25, 0.3) is 0 Å². The van der Waals surface area contributed by atoms with Crippen LogP contribution in [0, 0.1) is 6.92 Å². The van der Waals surface area contributed by atoms with Crippen LogP contribution in [-0.4, -0.2) is 28.0 Å². The molecule has 1 amide bonds. The standard InChI is InChI=1S/C21H20N4O2S2/c1-13-5-3-4-6-16(13)23-19(26)10-20-22-14(11-28-20)12-29-21-24-17-8-7-15(27-2)9-18(17)25-21/h3-9,11H,10,12H2,1-2H3,(H,23,26)(H,24,25). The van der Waals surface area contributed by atoms with Crippen molar-refractivity contribution in [1.29, 1.82) is 0 Å². The summed E-state index contributed by atoms with van der Waals surface area (Å²) in [6.45, 7) is 1.97. The van der Waals surface area contributed by atoms with E-state index in [-0.39, 0.29) is 12.3 Å². The van der Waals surface area contributed by atoms with E-state index in [1.165, 1.54) is 11.3 Å². The third-order valence-electron chi connectivity index (χ3n) is 4.35. The summed E-state index contributed by atoms with van der Waals surface area (Å²) in [7, 11) is 1.65.